The van der Waals surface area contributed by atoms with E-state index in [9.17, 15) is 9.59 Å². The van der Waals surface area contributed by atoms with Crippen molar-refractivity contribution in [1.29, 1.82) is 0 Å². The lowest BCUT2D eigenvalue weighted by Gasteiger charge is -2.16. The van der Waals surface area contributed by atoms with Crippen LogP contribution >= 0.6 is 0 Å². The highest BCUT2D eigenvalue weighted by molar-refractivity contribution is 6.08. The van der Waals surface area contributed by atoms with Crippen molar-refractivity contribution in [2.24, 2.45) is 0 Å². The predicted molar refractivity (Wildman–Crippen MR) is 92.9 cm³/mol. The Kier molecular flexibility index (Phi) is 5.32. The molecule has 1 amide bonds. The van der Waals surface area contributed by atoms with Crippen LogP contribution in [0.1, 0.15) is 18.9 Å². The molecule has 0 bridgehead atoms. The maximum absolute atomic E-state index is 12.7. The minimum absolute atomic E-state index is 0.0993. The molecule has 26 heavy (non-hydrogen) atoms. The van der Waals surface area contributed by atoms with E-state index in [1.807, 2.05) is 6.07 Å². The van der Waals surface area contributed by atoms with Crippen LogP contribution in [0.15, 0.2) is 23.4 Å². The molecule has 0 saturated heterocycles. The van der Waals surface area contributed by atoms with E-state index in [0.717, 1.165) is 18.4 Å². The van der Waals surface area contributed by atoms with Crippen LogP contribution in [0.3, 0.4) is 0 Å². The minimum atomic E-state index is -0.570. The van der Waals surface area contributed by atoms with E-state index in [-0.39, 0.29) is 43.7 Å². The molecule has 0 atom stereocenters. The summed E-state index contributed by atoms with van der Waals surface area (Å²) in [6.07, 6.45) is 1.68. The van der Waals surface area contributed by atoms with Crippen LogP contribution in [0.4, 0.5) is 5.69 Å². The van der Waals surface area contributed by atoms with Crippen molar-refractivity contribution in [2.45, 2.75) is 19.8 Å². The lowest BCUT2D eigenvalue weighted by Crippen LogP contribution is -2.31. The van der Waals surface area contributed by atoms with Gasteiger partial charge in [-0.05, 0) is 18.1 Å². The van der Waals surface area contributed by atoms with Crippen molar-refractivity contribution in [3.63, 3.8) is 0 Å². The second-order valence-corrected chi connectivity index (χ2v) is 6.03. The number of carbonyl (C=O) groups excluding carboxylic acids is 2. The summed E-state index contributed by atoms with van der Waals surface area (Å²) in [7, 11) is 1.27. The monoisotopic (exact) mass is 362 g/mol. The van der Waals surface area contributed by atoms with Crippen LogP contribution in [0, 0.1) is 0 Å². The number of ether oxygens (including phenoxy) is 3. The highest BCUT2D eigenvalue weighted by Crippen LogP contribution is 2.38. The van der Waals surface area contributed by atoms with Gasteiger partial charge in [-0.15, -0.1) is 0 Å². The number of anilines is 1. The first-order valence-electron chi connectivity index (χ1n) is 8.50. The molecule has 0 spiro atoms. The van der Waals surface area contributed by atoms with Gasteiger partial charge in [-0.1, -0.05) is 13.3 Å². The number of amides is 1. The smallest absolute Gasteiger partial charge is 0.337 e. The number of aliphatic hydroxyl groups excluding tert-OH is 1. The zero-order valence-corrected chi connectivity index (χ0v) is 14.8. The second kappa shape index (κ2) is 7.65. The van der Waals surface area contributed by atoms with Gasteiger partial charge >= 0.3 is 5.97 Å². The number of hydrogen-bond acceptors (Lipinski definition) is 7. The summed E-state index contributed by atoms with van der Waals surface area (Å²) in [5, 5.41) is 12.2. The number of esters is 1. The second-order valence-electron chi connectivity index (χ2n) is 6.03. The van der Waals surface area contributed by atoms with Gasteiger partial charge in [-0.25, -0.2) is 4.79 Å². The van der Waals surface area contributed by atoms with E-state index in [4.69, 9.17) is 19.3 Å². The van der Waals surface area contributed by atoms with E-state index < -0.39 is 5.97 Å². The lowest BCUT2D eigenvalue weighted by molar-refractivity contribution is -0.136. The number of fused-ring (bicyclic) bond motifs is 1. The van der Waals surface area contributed by atoms with Crippen molar-refractivity contribution in [1.82, 2.24) is 4.90 Å². The van der Waals surface area contributed by atoms with E-state index in [1.165, 1.54) is 12.0 Å². The number of hydrogen-bond donors (Lipinski definition) is 2. The molecule has 0 aromatic heterocycles. The molecule has 2 heterocycles. The Hall–Kier alpha value is -2.74. The van der Waals surface area contributed by atoms with Crippen LogP contribution < -0.4 is 14.8 Å². The molecule has 0 unspecified atom stereocenters. The highest BCUT2D eigenvalue weighted by atomic mass is 16.7. The van der Waals surface area contributed by atoms with Gasteiger partial charge in [0.05, 0.1) is 25.8 Å². The number of β-amino-alcohol motifs (C(OH)–C–C–N with tert-alkyl or cyclic N) is 1. The fourth-order valence-electron chi connectivity index (χ4n) is 3.06. The number of carbonyl (C=O) groups is 2. The molecule has 1 aromatic carbocycles. The first-order chi connectivity index (χ1) is 12.6. The van der Waals surface area contributed by atoms with Gasteiger partial charge in [0, 0.05) is 18.3 Å². The molecule has 8 heteroatoms. The molecule has 0 aliphatic carbocycles. The Morgan fingerprint density at radius 1 is 1.35 bits per heavy atom. The predicted octanol–water partition coefficient (Wildman–Crippen LogP) is 1.04. The van der Waals surface area contributed by atoms with Gasteiger partial charge in [0.2, 0.25) is 6.79 Å². The number of aryl methyl sites for hydroxylation is 1. The number of nitrogens with one attached hydrogen (secondary N) is 1. The molecule has 0 radical (unpaired) electrons. The largest absolute Gasteiger partial charge is 0.466 e. The normalized spacial score (nSPS) is 15.7. The average molecular weight is 362 g/mol. The average Bonchev–Trinajstić information content (AvgIpc) is 3.21. The van der Waals surface area contributed by atoms with Gasteiger partial charge in [0.1, 0.15) is 5.70 Å². The summed E-state index contributed by atoms with van der Waals surface area (Å²) in [4.78, 5) is 26.2. The van der Waals surface area contributed by atoms with Crippen molar-refractivity contribution < 1.29 is 28.9 Å². The molecule has 2 N–H and O–H groups in total. The molecule has 140 valence electrons. The molecule has 3 rings (SSSR count). The molecule has 0 fully saturated rings. The number of rotatable bonds is 7. The van der Waals surface area contributed by atoms with Crippen LogP contribution in [-0.2, 0) is 20.7 Å². The zero-order chi connectivity index (χ0) is 18.7. The Morgan fingerprint density at radius 2 is 2.08 bits per heavy atom. The quantitative estimate of drug-likeness (QED) is 0.700. The van der Waals surface area contributed by atoms with E-state index in [1.54, 1.807) is 6.07 Å². The SMILES string of the molecule is CCCc1cc2c(cc1NC1=C(C(=O)OC)CN(CCO)C1=O)OCO2. The van der Waals surface area contributed by atoms with Crippen molar-refractivity contribution in [3.05, 3.63) is 29.0 Å². The van der Waals surface area contributed by atoms with Crippen molar-refractivity contribution in [3.8, 4) is 11.5 Å². The third-order valence-electron chi connectivity index (χ3n) is 4.33. The van der Waals surface area contributed by atoms with Crippen LogP contribution in [-0.4, -0.2) is 55.5 Å². The fourth-order valence-corrected chi connectivity index (χ4v) is 3.06. The molecule has 8 nitrogen and oxygen atoms in total. The molecule has 1 aromatic rings. The number of methoxy groups -OCH3 is 1. The third-order valence-corrected chi connectivity index (χ3v) is 4.33. The molecular formula is C18H22N2O6. The number of aliphatic hydroxyl groups is 1. The Balaban J connectivity index is 1.97. The molecule has 0 saturated carbocycles. The van der Waals surface area contributed by atoms with Crippen LogP contribution in [0.5, 0.6) is 11.5 Å². The summed E-state index contributed by atoms with van der Waals surface area (Å²) in [6.45, 7) is 2.27. The van der Waals surface area contributed by atoms with Crippen LogP contribution in [0.2, 0.25) is 0 Å². The number of benzene rings is 1. The Bertz CT molecular complexity index is 758. The summed E-state index contributed by atoms with van der Waals surface area (Å²) < 4.78 is 15.6. The molecular weight excluding hydrogens is 340 g/mol. The van der Waals surface area contributed by atoms with Crippen molar-refractivity contribution >= 4 is 17.6 Å². The van der Waals surface area contributed by atoms with Gasteiger partial charge < -0.3 is 29.5 Å². The van der Waals surface area contributed by atoms with Gasteiger partial charge in [0.25, 0.3) is 5.91 Å². The molecule has 2 aliphatic rings. The Labute approximate surface area is 151 Å². The summed E-state index contributed by atoms with van der Waals surface area (Å²) in [6, 6.07) is 3.66. The maximum Gasteiger partial charge on any atom is 0.337 e. The Morgan fingerprint density at radius 3 is 2.73 bits per heavy atom. The minimum Gasteiger partial charge on any atom is -0.466 e. The topological polar surface area (TPSA) is 97.3 Å². The van der Waals surface area contributed by atoms with Gasteiger partial charge in [0.15, 0.2) is 11.5 Å². The van der Waals surface area contributed by atoms with E-state index in [2.05, 4.69) is 12.2 Å². The first-order valence-corrected chi connectivity index (χ1v) is 8.50. The standard InChI is InChI=1S/C18H22N2O6/c1-3-4-11-7-14-15(26-10-25-14)8-13(11)19-16-12(18(23)24-2)9-20(5-6-21)17(16)22/h7-8,19,21H,3-6,9-10H2,1-2H3. The zero-order valence-electron chi connectivity index (χ0n) is 14.8. The summed E-state index contributed by atoms with van der Waals surface area (Å²) >= 11 is 0. The lowest BCUT2D eigenvalue weighted by atomic mass is 10.1. The van der Waals surface area contributed by atoms with Gasteiger partial charge in [-0.2, -0.15) is 0 Å². The van der Waals surface area contributed by atoms with E-state index in [0.29, 0.717) is 17.2 Å². The highest BCUT2D eigenvalue weighted by Gasteiger charge is 2.35. The fraction of sp³-hybridized carbons (Fsp3) is 0.444. The molecule has 2 aliphatic heterocycles. The summed E-state index contributed by atoms with van der Waals surface area (Å²) in [5.41, 5.74) is 2.06. The third kappa shape index (κ3) is 3.32. The van der Waals surface area contributed by atoms with Crippen molar-refractivity contribution in [2.75, 3.05) is 38.9 Å². The maximum atomic E-state index is 12.7. The van der Waals surface area contributed by atoms with Gasteiger partial charge in [-0.3, -0.25) is 4.79 Å². The number of nitrogens with zero attached hydrogens (tertiary/aromatic N) is 1. The first kappa shape index (κ1) is 18.1. The van der Waals surface area contributed by atoms with E-state index >= 15 is 0 Å². The summed E-state index contributed by atoms with van der Waals surface area (Å²) in [5.74, 6) is 0.338. The van der Waals surface area contributed by atoms with Crippen LogP contribution in [0.25, 0.3) is 0 Å².